The summed E-state index contributed by atoms with van der Waals surface area (Å²) in [6, 6.07) is 8.70. The van der Waals surface area contributed by atoms with Crippen LogP contribution in [0.5, 0.6) is 0 Å². The highest BCUT2D eigenvalue weighted by molar-refractivity contribution is 9.10. The number of ether oxygens (including phenoxy) is 1. The van der Waals surface area contributed by atoms with Gasteiger partial charge in [0.15, 0.2) is 5.96 Å². The van der Waals surface area contributed by atoms with E-state index < -0.39 is 0 Å². The van der Waals surface area contributed by atoms with E-state index in [1.807, 2.05) is 0 Å². The number of nitrogens with one attached hydrogen (secondary N) is 2. The summed E-state index contributed by atoms with van der Waals surface area (Å²) in [5.41, 5.74) is 1.23. The predicted octanol–water partition coefficient (Wildman–Crippen LogP) is 1.76. The predicted molar refractivity (Wildman–Crippen MR) is 95.9 cm³/mol. The maximum absolute atomic E-state index is 11.1. The lowest BCUT2D eigenvalue weighted by molar-refractivity contribution is -0.140. The van der Waals surface area contributed by atoms with E-state index in [0.717, 1.165) is 29.9 Å². The molecule has 6 nitrogen and oxygen atoms in total. The fraction of sp³-hybridized carbons (Fsp3) is 0.500. The number of benzene rings is 1. The van der Waals surface area contributed by atoms with E-state index in [1.165, 1.54) is 12.8 Å². The highest BCUT2D eigenvalue weighted by Gasteiger charge is 2.23. The zero-order valence-electron chi connectivity index (χ0n) is 13.5. The first-order valence-corrected chi connectivity index (χ1v) is 8.46. The van der Waals surface area contributed by atoms with Crippen LogP contribution in [0.3, 0.4) is 0 Å². The Labute approximate surface area is 145 Å². The van der Waals surface area contributed by atoms with Crippen LogP contribution in [-0.4, -0.2) is 51.8 Å². The van der Waals surface area contributed by atoms with Crippen LogP contribution in [0.25, 0.3) is 0 Å². The van der Waals surface area contributed by atoms with E-state index >= 15 is 0 Å². The lowest BCUT2D eigenvalue weighted by Crippen LogP contribution is -2.45. The van der Waals surface area contributed by atoms with Crippen molar-refractivity contribution in [2.24, 2.45) is 4.99 Å². The van der Waals surface area contributed by atoms with Gasteiger partial charge in [-0.3, -0.25) is 9.79 Å². The molecule has 1 heterocycles. The van der Waals surface area contributed by atoms with Crippen LogP contribution < -0.4 is 15.5 Å². The molecule has 1 aromatic rings. The van der Waals surface area contributed by atoms with Gasteiger partial charge in [-0.2, -0.15) is 0 Å². The summed E-state index contributed by atoms with van der Waals surface area (Å²) in [5.74, 6) is 0.492. The number of esters is 1. The maximum atomic E-state index is 11.1. The molecule has 1 aliphatic rings. The van der Waals surface area contributed by atoms with Gasteiger partial charge in [0, 0.05) is 42.9 Å². The van der Waals surface area contributed by atoms with E-state index in [9.17, 15) is 4.79 Å². The van der Waals surface area contributed by atoms with Crippen molar-refractivity contribution in [2.75, 3.05) is 38.7 Å². The highest BCUT2D eigenvalue weighted by atomic mass is 79.9. The first-order valence-electron chi connectivity index (χ1n) is 7.67. The molecule has 0 bridgehead atoms. The van der Waals surface area contributed by atoms with Crippen LogP contribution in [0.15, 0.2) is 33.7 Å². The van der Waals surface area contributed by atoms with Crippen molar-refractivity contribution < 1.29 is 9.53 Å². The summed E-state index contributed by atoms with van der Waals surface area (Å²) in [6.07, 6.45) is 1.38. The molecule has 0 aliphatic carbocycles. The quantitative estimate of drug-likeness (QED) is 0.461. The van der Waals surface area contributed by atoms with Gasteiger partial charge in [0.25, 0.3) is 0 Å². The molecule has 2 rings (SSSR count). The molecule has 126 valence electrons. The number of rotatable bonds is 5. The Bertz CT molecular complexity index is 548. The van der Waals surface area contributed by atoms with Crippen molar-refractivity contribution in [1.29, 1.82) is 0 Å². The molecule has 1 atom stereocenters. The average Bonchev–Trinajstić information content (AvgIpc) is 3.02. The number of carbonyl (C=O) groups excluding carboxylic acids is 1. The summed E-state index contributed by atoms with van der Waals surface area (Å²) in [5, 5.41) is 6.54. The Hall–Kier alpha value is -1.76. The number of hydrogen-bond acceptors (Lipinski definition) is 4. The molecule has 0 aromatic heterocycles. The van der Waals surface area contributed by atoms with Gasteiger partial charge >= 0.3 is 5.97 Å². The minimum atomic E-state index is -0.227. The number of hydrogen-bond donors (Lipinski definition) is 2. The summed E-state index contributed by atoms with van der Waals surface area (Å²) in [4.78, 5) is 17.7. The third-order valence-corrected chi connectivity index (χ3v) is 4.32. The number of carbonyl (C=O) groups is 1. The molecule has 1 saturated heterocycles. The zero-order chi connectivity index (χ0) is 16.7. The molecule has 1 aromatic carbocycles. The van der Waals surface area contributed by atoms with Crippen LogP contribution in [0.4, 0.5) is 5.69 Å². The van der Waals surface area contributed by atoms with E-state index in [-0.39, 0.29) is 5.97 Å². The molecule has 1 aliphatic heterocycles. The lowest BCUT2D eigenvalue weighted by Gasteiger charge is -2.20. The van der Waals surface area contributed by atoms with Crippen LogP contribution in [0.2, 0.25) is 0 Å². The second kappa shape index (κ2) is 8.76. The van der Waals surface area contributed by atoms with Gasteiger partial charge < -0.3 is 20.3 Å². The van der Waals surface area contributed by atoms with Gasteiger partial charge in [-0.25, -0.2) is 0 Å². The Morgan fingerprint density at radius 3 is 2.83 bits per heavy atom. The SMILES string of the molecule is CN=C(NCCC(=O)OC)NC1CCN(c2ccc(Br)cc2)C1. The maximum Gasteiger partial charge on any atom is 0.307 e. The van der Waals surface area contributed by atoms with Crippen LogP contribution in [0.1, 0.15) is 12.8 Å². The molecule has 0 spiro atoms. The smallest absolute Gasteiger partial charge is 0.307 e. The summed E-state index contributed by atoms with van der Waals surface area (Å²) in [6.45, 7) is 2.45. The Balaban J connectivity index is 1.79. The number of methoxy groups -OCH3 is 1. The highest BCUT2D eigenvalue weighted by Crippen LogP contribution is 2.22. The second-order valence-electron chi connectivity index (χ2n) is 5.38. The van der Waals surface area contributed by atoms with Crippen LogP contribution >= 0.6 is 15.9 Å². The van der Waals surface area contributed by atoms with Gasteiger partial charge in [0.2, 0.25) is 0 Å². The summed E-state index contributed by atoms with van der Waals surface area (Å²) in [7, 11) is 3.12. The fourth-order valence-corrected chi connectivity index (χ4v) is 2.80. The molecule has 7 heteroatoms. The Morgan fingerprint density at radius 2 is 2.17 bits per heavy atom. The lowest BCUT2D eigenvalue weighted by atomic mass is 10.2. The molecule has 1 fully saturated rings. The van der Waals surface area contributed by atoms with Gasteiger partial charge in [0.05, 0.1) is 13.5 Å². The van der Waals surface area contributed by atoms with Crippen LogP contribution in [0, 0.1) is 0 Å². The first kappa shape index (κ1) is 17.6. The molecule has 2 N–H and O–H groups in total. The first-order chi connectivity index (χ1) is 11.1. The van der Waals surface area contributed by atoms with Gasteiger partial charge in [-0.1, -0.05) is 15.9 Å². The van der Waals surface area contributed by atoms with Crippen molar-refractivity contribution in [3.05, 3.63) is 28.7 Å². The number of nitrogens with zero attached hydrogens (tertiary/aromatic N) is 2. The van der Waals surface area contributed by atoms with Crippen molar-refractivity contribution >= 4 is 33.5 Å². The Morgan fingerprint density at radius 1 is 1.43 bits per heavy atom. The van der Waals surface area contributed by atoms with Crippen molar-refractivity contribution in [2.45, 2.75) is 18.9 Å². The molecule has 23 heavy (non-hydrogen) atoms. The molecular formula is C16H23BrN4O2. The third-order valence-electron chi connectivity index (χ3n) is 3.79. The summed E-state index contributed by atoms with van der Waals surface area (Å²) < 4.78 is 5.71. The van der Waals surface area contributed by atoms with Gasteiger partial charge in [-0.05, 0) is 30.7 Å². The van der Waals surface area contributed by atoms with E-state index in [0.29, 0.717) is 19.0 Å². The largest absolute Gasteiger partial charge is 0.469 e. The molecule has 1 unspecified atom stereocenters. The summed E-state index contributed by atoms with van der Waals surface area (Å²) >= 11 is 3.46. The standard InChI is InChI=1S/C16H23BrN4O2/c1-18-16(19-9-7-15(22)23-2)20-13-8-10-21(11-13)14-5-3-12(17)4-6-14/h3-6,13H,7-11H2,1-2H3,(H2,18,19,20). The van der Waals surface area contributed by atoms with Crippen molar-refractivity contribution in [3.8, 4) is 0 Å². The molecular weight excluding hydrogens is 360 g/mol. The third kappa shape index (κ3) is 5.42. The molecule has 0 radical (unpaired) electrons. The van der Waals surface area contributed by atoms with E-state index in [1.54, 1.807) is 7.05 Å². The monoisotopic (exact) mass is 382 g/mol. The normalized spacial score (nSPS) is 18.0. The number of aliphatic imine (C=N–C) groups is 1. The van der Waals surface area contributed by atoms with Gasteiger partial charge in [0.1, 0.15) is 0 Å². The second-order valence-corrected chi connectivity index (χ2v) is 6.29. The minimum absolute atomic E-state index is 0.227. The number of halogens is 1. The van der Waals surface area contributed by atoms with E-state index in [2.05, 4.69) is 65.5 Å². The average molecular weight is 383 g/mol. The minimum Gasteiger partial charge on any atom is -0.469 e. The fourth-order valence-electron chi connectivity index (χ4n) is 2.54. The van der Waals surface area contributed by atoms with Gasteiger partial charge in [-0.15, -0.1) is 0 Å². The molecule has 0 saturated carbocycles. The van der Waals surface area contributed by atoms with Crippen LogP contribution in [-0.2, 0) is 9.53 Å². The number of guanidine groups is 1. The molecule has 0 amide bonds. The number of anilines is 1. The zero-order valence-corrected chi connectivity index (χ0v) is 15.1. The van der Waals surface area contributed by atoms with Crippen molar-refractivity contribution in [3.63, 3.8) is 0 Å². The van der Waals surface area contributed by atoms with Crippen molar-refractivity contribution in [1.82, 2.24) is 10.6 Å². The topological polar surface area (TPSA) is 66.0 Å². The Kier molecular flexibility index (Phi) is 6.70. The van der Waals surface area contributed by atoms with E-state index in [4.69, 9.17) is 0 Å².